The van der Waals surface area contributed by atoms with Gasteiger partial charge < -0.3 is 9.64 Å². The predicted molar refractivity (Wildman–Crippen MR) is 53.7 cm³/mol. The van der Waals surface area contributed by atoms with Gasteiger partial charge in [-0.15, -0.1) is 0 Å². The van der Waals surface area contributed by atoms with E-state index in [2.05, 4.69) is 18.0 Å². The van der Waals surface area contributed by atoms with Gasteiger partial charge in [0.25, 0.3) is 0 Å². The van der Waals surface area contributed by atoms with Gasteiger partial charge >= 0.3 is 0 Å². The van der Waals surface area contributed by atoms with E-state index in [0.29, 0.717) is 12.3 Å². The Morgan fingerprint density at radius 1 is 1.57 bits per heavy atom. The Morgan fingerprint density at radius 2 is 2.36 bits per heavy atom. The largest absolute Gasteiger partial charge is 0.380 e. The zero-order valence-corrected chi connectivity index (χ0v) is 8.83. The average molecular weight is 194 g/mol. The van der Waals surface area contributed by atoms with Gasteiger partial charge in [-0.2, -0.15) is 5.26 Å². The standard InChI is InChI=1S/C11H18N2O/c1-13-6-2-3-10(7-13)11(4-5-12)8-14-9-11/h10H,2-4,6-9H2,1H3. The van der Waals surface area contributed by atoms with Crippen molar-refractivity contribution in [3.63, 3.8) is 0 Å². The van der Waals surface area contributed by atoms with Crippen LogP contribution in [-0.2, 0) is 4.74 Å². The third-order valence-electron chi connectivity index (χ3n) is 3.70. The molecule has 2 heterocycles. The Hall–Kier alpha value is -0.590. The van der Waals surface area contributed by atoms with Crippen LogP contribution >= 0.6 is 0 Å². The van der Waals surface area contributed by atoms with Crippen molar-refractivity contribution in [2.45, 2.75) is 19.3 Å². The summed E-state index contributed by atoms with van der Waals surface area (Å²) in [6.07, 6.45) is 3.22. The Labute approximate surface area is 85.6 Å². The van der Waals surface area contributed by atoms with Gasteiger partial charge in [0.2, 0.25) is 0 Å². The van der Waals surface area contributed by atoms with Crippen LogP contribution < -0.4 is 0 Å². The molecule has 0 aromatic heterocycles. The summed E-state index contributed by atoms with van der Waals surface area (Å²) >= 11 is 0. The smallest absolute Gasteiger partial charge is 0.0629 e. The van der Waals surface area contributed by atoms with Crippen LogP contribution in [0, 0.1) is 22.7 Å². The van der Waals surface area contributed by atoms with Crippen LogP contribution in [0.1, 0.15) is 19.3 Å². The van der Waals surface area contributed by atoms with Crippen LogP contribution in [0.4, 0.5) is 0 Å². The predicted octanol–water partition coefficient (Wildman–Crippen LogP) is 1.26. The SMILES string of the molecule is CN1CCCC(C2(CC#N)COC2)C1. The van der Waals surface area contributed by atoms with Crippen molar-refractivity contribution in [2.24, 2.45) is 11.3 Å². The molecule has 0 aromatic carbocycles. The molecule has 78 valence electrons. The highest BCUT2D eigenvalue weighted by Crippen LogP contribution is 2.42. The Morgan fingerprint density at radius 3 is 2.86 bits per heavy atom. The Bertz CT molecular complexity index is 242. The number of rotatable bonds is 2. The lowest BCUT2D eigenvalue weighted by Crippen LogP contribution is -2.53. The topological polar surface area (TPSA) is 36.3 Å². The van der Waals surface area contributed by atoms with Crippen LogP contribution in [0.3, 0.4) is 0 Å². The molecule has 14 heavy (non-hydrogen) atoms. The van der Waals surface area contributed by atoms with Crippen molar-refractivity contribution < 1.29 is 4.74 Å². The Balaban J connectivity index is 2.00. The molecule has 2 aliphatic heterocycles. The minimum atomic E-state index is 0.198. The quantitative estimate of drug-likeness (QED) is 0.664. The van der Waals surface area contributed by atoms with Crippen molar-refractivity contribution >= 4 is 0 Å². The average Bonchev–Trinajstić information content (AvgIpc) is 2.11. The summed E-state index contributed by atoms with van der Waals surface area (Å²) in [6.45, 7) is 3.96. The van der Waals surface area contributed by atoms with E-state index in [1.54, 1.807) is 0 Å². The van der Waals surface area contributed by atoms with E-state index in [-0.39, 0.29) is 5.41 Å². The van der Waals surface area contributed by atoms with Gasteiger partial charge in [-0.05, 0) is 32.4 Å². The maximum atomic E-state index is 8.84. The maximum Gasteiger partial charge on any atom is 0.0629 e. The molecular weight excluding hydrogens is 176 g/mol. The van der Waals surface area contributed by atoms with Gasteiger partial charge in [0, 0.05) is 18.4 Å². The lowest BCUT2D eigenvalue weighted by Gasteiger charge is -2.48. The highest BCUT2D eigenvalue weighted by Gasteiger charge is 2.46. The molecule has 2 saturated heterocycles. The van der Waals surface area contributed by atoms with E-state index in [1.165, 1.54) is 19.4 Å². The van der Waals surface area contributed by atoms with Crippen molar-refractivity contribution in [3.8, 4) is 6.07 Å². The van der Waals surface area contributed by atoms with Crippen molar-refractivity contribution in [2.75, 3.05) is 33.4 Å². The second kappa shape index (κ2) is 3.88. The highest BCUT2D eigenvalue weighted by atomic mass is 16.5. The zero-order chi connectivity index (χ0) is 10.0. The molecule has 0 radical (unpaired) electrons. The van der Waals surface area contributed by atoms with Gasteiger partial charge in [-0.25, -0.2) is 0 Å². The number of hydrogen-bond acceptors (Lipinski definition) is 3. The fraction of sp³-hybridized carbons (Fsp3) is 0.909. The first-order valence-electron chi connectivity index (χ1n) is 5.40. The number of likely N-dealkylation sites (tertiary alicyclic amines) is 1. The van der Waals surface area contributed by atoms with Gasteiger partial charge in [-0.1, -0.05) is 0 Å². The second-order valence-electron chi connectivity index (χ2n) is 4.79. The molecule has 0 N–H and O–H groups in total. The molecule has 2 rings (SSSR count). The van der Waals surface area contributed by atoms with Crippen LogP contribution in [0.25, 0.3) is 0 Å². The number of nitrogens with zero attached hydrogens (tertiary/aromatic N) is 2. The number of nitriles is 1. The summed E-state index contributed by atoms with van der Waals surface area (Å²) in [5, 5.41) is 8.84. The minimum absolute atomic E-state index is 0.198. The summed E-state index contributed by atoms with van der Waals surface area (Å²) in [7, 11) is 2.17. The molecule has 0 aromatic rings. The summed E-state index contributed by atoms with van der Waals surface area (Å²) in [5.74, 6) is 0.676. The van der Waals surface area contributed by atoms with Crippen LogP contribution in [-0.4, -0.2) is 38.3 Å². The normalized spacial score (nSPS) is 31.9. The molecule has 3 heteroatoms. The van der Waals surface area contributed by atoms with E-state index in [4.69, 9.17) is 10.00 Å². The highest BCUT2D eigenvalue weighted by molar-refractivity contribution is 4.99. The molecule has 1 atom stereocenters. The third-order valence-corrected chi connectivity index (χ3v) is 3.70. The Kier molecular flexibility index (Phi) is 2.76. The summed E-state index contributed by atoms with van der Waals surface area (Å²) in [4.78, 5) is 2.38. The van der Waals surface area contributed by atoms with Gasteiger partial charge in [0.15, 0.2) is 0 Å². The molecule has 0 aliphatic carbocycles. The first kappa shape index (κ1) is 9.95. The second-order valence-corrected chi connectivity index (χ2v) is 4.79. The monoisotopic (exact) mass is 194 g/mol. The van der Waals surface area contributed by atoms with Crippen LogP contribution in [0.5, 0.6) is 0 Å². The first-order valence-corrected chi connectivity index (χ1v) is 5.40. The van der Waals surface area contributed by atoms with E-state index < -0.39 is 0 Å². The van der Waals surface area contributed by atoms with Crippen LogP contribution in [0.15, 0.2) is 0 Å². The molecule has 0 amide bonds. The third kappa shape index (κ3) is 1.65. The molecule has 1 unspecified atom stereocenters. The number of ether oxygens (including phenoxy) is 1. The van der Waals surface area contributed by atoms with Gasteiger partial charge in [-0.3, -0.25) is 0 Å². The molecule has 0 spiro atoms. The summed E-state index contributed by atoms with van der Waals surface area (Å²) < 4.78 is 5.31. The molecule has 2 aliphatic rings. The first-order chi connectivity index (χ1) is 6.77. The lowest BCUT2D eigenvalue weighted by atomic mass is 9.68. The maximum absolute atomic E-state index is 8.84. The molecule has 0 saturated carbocycles. The van der Waals surface area contributed by atoms with E-state index >= 15 is 0 Å². The van der Waals surface area contributed by atoms with E-state index in [9.17, 15) is 0 Å². The zero-order valence-electron chi connectivity index (χ0n) is 8.83. The molecule has 3 nitrogen and oxygen atoms in total. The fourth-order valence-electron chi connectivity index (χ4n) is 2.67. The van der Waals surface area contributed by atoms with Crippen molar-refractivity contribution in [1.82, 2.24) is 4.90 Å². The van der Waals surface area contributed by atoms with E-state index in [0.717, 1.165) is 19.8 Å². The lowest BCUT2D eigenvalue weighted by molar-refractivity contribution is -0.153. The van der Waals surface area contributed by atoms with Crippen LogP contribution in [0.2, 0.25) is 0 Å². The molecule has 2 fully saturated rings. The summed E-state index contributed by atoms with van der Waals surface area (Å²) in [5.41, 5.74) is 0.198. The number of piperidine rings is 1. The van der Waals surface area contributed by atoms with Crippen molar-refractivity contribution in [3.05, 3.63) is 0 Å². The van der Waals surface area contributed by atoms with Gasteiger partial charge in [0.05, 0.1) is 19.3 Å². The van der Waals surface area contributed by atoms with Crippen molar-refractivity contribution in [1.29, 1.82) is 5.26 Å². The number of hydrogen-bond donors (Lipinski definition) is 0. The van der Waals surface area contributed by atoms with E-state index in [1.807, 2.05) is 0 Å². The van der Waals surface area contributed by atoms with Gasteiger partial charge in [0.1, 0.15) is 0 Å². The summed E-state index contributed by atoms with van der Waals surface area (Å²) in [6, 6.07) is 2.32. The molecule has 0 bridgehead atoms. The minimum Gasteiger partial charge on any atom is -0.380 e. The fourth-order valence-corrected chi connectivity index (χ4v) is 2.67. The molecular formula is C11H18N2O.